The quantitative estimate of drug-likeness (QED) is 0.712. The smallest absolute Gasteiger partial charge is 0.325 e. The van der Waals surface area contributed by atoms with Crippen molar-refractivity contribution < 1.29 is 14.7 Å². The lowest BCUT2D eigenvalue weighted by Crippen LogP contribution is -2.30. The highest BCUT2D eigenvalue weighted by Gasteiger charge is 2.14. The SMILES string of the molecule is O=C(O)Cn1cc(NC(=O)CCC2CCCNC2)cn1. The average Bonchev–Trinajstić information content (AvgIpc) is 2.84. The molecule has 1 saturated heterocycles. The van der Waals surface area contributed by atoms with Gasteiger partial charge in [0.2, 0.25) is 5.91 Å². The second kappa shape index (κ2) is 7.04. The topological polar surface area (TPSA) is 96.2 Å². The molecule has 1 aliphatic heterocycles. The van der Waals surface area contributed by atoms with E-state index in [4.69, 9.17) is 5.11 Å². The summed E-state index contributed by atoms with van der Waals surface area (Å²) in [6.45, 7) is 1.86. The molecule has 2 rings (SSSR count). The Bertz CT molecular complexity index is 466. The molecule has 1 aliphatic rings. The molecule has 3 N–H and O–H groups in total. The molecule has 7 heteroatoms. The summed E-state index contributed by atoms with van der Waals surface area (Å²) < 4.78 is 1.28. The van der Waals surface area contributed by atoms with E-state index in [1.165, 1.54) is 29.9 Å². The lowest BCUT2D eigenvalue weighted by molar-refractivity contribution is -0.137. The van der Waals surface area contributed by atoms with Crippen molar-refractivity contribution in [3.63, 3.8) is 0 Å². The van der Waals surface area contributed by atoms with Gasteiger partial charge in [-0.15, -0.1) is 0 Å². The first-order valence-electron chi connectivity index (χ1n) is 6.88. The monoisotopic (exact) mass is 280 g/mol. The van der Waals surface area contributed by atoms with Gasteiger partial charge in [0, 0.05) is 12.6 Å². The highest BCUT2D eigenvalue weighted by molar-refractivity contribution is 5.90. The number of carboxylic acids is 1. The zero-order chi connectivity index (χ0) is 14.4. The van der Waals surface area contributed by atoms with E-state index >= 15 is 0 Å². The molecular formula is C13H20N4O3. The van der Waals surface area contributed by atoms with Crippen molar-refractivity contribution in [3.05, 3.63) is 12.4 Å². The second-order valence-electron chi connectivity index (χ2n) is 5.12. The van der Waals surface area contributed by atoms with Crippen LogP contribution >= 0.6 is 0 Å². The molecular weight excluding hydrogens is 260 g/mol. The number of nitrogens with zero attached hydrogens (tertiary/aromatic N) is 2. The molecule has 0 aliphatic carbocycles. The number of amides is 1. The minimum atomic E-state index is -0.962. The molecule has 2 heterocycles. The molecule has 1 atom stereocenters. The highest BCUT2D eigenvalue weighted by atomic mass is 16.4. The number of hydrogen-bond donors (Lipinski definition) is 3. The Labute approximate surface area is 117 Å². The maximum atomic E-state index is 11.8. The standard InChI is InChI=1S/C13H20N4O3/c18-12(4-3-10-2-1-5-14-6-10)16-11-7-15-17(8-11)9-13(19)20/h7-8,10,14H,1-6,9H2,(H,16,18)(H,19,20). The Morgan fingerprint density at radius 3 is 3.10 bits per heavy atom. The summed E-state index contributed by atoms with van der Waals surface area (Å²) in [6, 6.07) is 0. The Balaban J connectivity index is 1.73. The summed E-state index contributed by atoms with van der Waals surface area (Å²) in [5, 5.41) is 18.6. The lowest BCUT2D eigenvalue weighted by atomic mass is 9.94. The van der Waals surface area contributed by atoms with Crippen LogP contribution < -0.4 is 10.6 Å². The van der Waals surface area contributed by atoms with Crippen molar-refractivity contribution in [2.24, 2.45) is 5.92 Å². The summed E-state index contributed by atoms with van der Waals surface area (Å²) in [5.41, 5.74) is 0.540. The van der Waals surface area contributed by atoms with Crippen molar-refractivity contribution in [1.29, 1.82) is 0 Å². The number of anilines is 1. The van der Waals surface area contributed by atoms with Gasteiger partial charge in [-0.05, 0) is 38.3 Å². The summed E-state index contributed by atoms with van der Waals surface area (Å²) in [7, 11) is 0. The average molecular weight is 280 g/mol. The van der Waals surface area contributed by atoms with E-state index in [1.54, 1.807) is 0 Å². The van der Waals surface area contributed by atoms with Gasteiger partial charge in [0.1, 0.15) is 6.54 Å². The van der Waals surface area contributed by atoms with Crippen molar-refractivity contribution >= 4 is 17.6 Å². The van der Waals surface area contributed by atoms with E-state index in [-0.39, 0.29) is 12.5 Å². The number of carbonyl (C=O) groups excluding carboxylic acids is 1. The fraction of sp³-hybridized carbons (Fsp3) is 0.615. The van der Waals surface area contributed by atoms with Crippen molar-refractivity contribution in [1.82, 2.24) is 15.1 Å². The van der Waals surface area contributed by atoms with Crippen LogP contribution in [0, 0.1) is 5.92 Å². The van der Waals surface area contributed by atoms with Crippen LogP contribution in [0.4, 0.5) is 5.69 Å². The summed E-state index contributed by atoms with van der Waals surface area (Å²) >= 11 is 0. The van der Waals surface area contributed by atoms with Gasteiger partial charge in [0.25, 0.3) is 0 Å². The predicted octanol–water partition coefficient (Wildman–Crippen LogP) is 0.686. The van der Waals surface area contributed by atoms with Gasteiger partial charge in [0.15, 0.2) is 0 Å². The first kappa shape index (κ1) is 14.5. The molecule has 0 aromatic carbocycles. The van der Waals surface area contributed by atoms with Gasteiger partial charge in [-0.25, -0.2) is 0 Å². The molecule has 0 spiro atoms. The zero-order valence-corrected chi connectivity index (χ0v) is 11.3. The van der Waals surface area contributed by atoms with Crippen LogP contribution in [0.2, 0.25) is 0 Å². The molecule has 0 bridgehead atoms. The third-order valence-corrected chi connectivity index (χ3v) is 3.39. The molecule has 20 heavy (non-hydrogen) atoms. The molecule has 0 saturated carbocycles. The maximum absolute atomic E-state index is 11.8. The van der Waals surface area contributed by atoms with E-state index in [2.05, 4.69) is 15.7 Å². The lowest BCUT2D eigenvalue weighted by Gasteiger charge is -2.22. The van der Waals surface area contributed by atoms with E-state index < -0.39 is 5.97 Å². The van der Waals surface area contributed by atoms with Crippen LogP contribution in [0.5, 0.6) is 0 Å². The van der Waals surface area contributed by atoms with Crippen LogP contribution in [0.3, 0.4) is 0 Å². The van der Waals surface area contributed by atoms with E-state index in [9.17, 15) is 9.59 Å². The first-order chi connectivity index (χ1) is 9.63. The fourth-order valence-corrected chi connectivity index (χ4v) is 2.38. The number of aromatic nitrogens is 2. The minimum Gasteiger partial charge on any atom is -0.480 e. The number of rotatable bonds is 6. The van der Waals surface area contributed by atoms with E-state index in [0.29, 0.717) is 18.0 Å². The van der Waals surface area contributed by atoms with Crippen LogP contribution in [0.15, 0.2) is 12.4 Å². The summed E-state index contributed by atoms with van der Waals surface area (Å²) in [5.74, 6) is -0.439. The Morgan fingerprint density at radius 1 is 1.55 bits per heavy atom. The number of carbonyl (C=O) groups is 2. The molecule has 1 amide bonds. The Kier molecular flexibility index (Phi) is 5.11. The second-order valence-corrected chi connectivity index (χ2v) is 5.12. The molecule has 1 aromatic heterocycles. The van der Waals surface area contributed by atoms with Gasteiger partial charge in [-0.2, -0.15) is 5.10 Å². The molecule has 1 unspecified atom stereocenters. The van der Waals surface area contributed by atoms with Crippen LogP contribution in [0.1, 0.15) is 25.7 Å². The first-order valence-corrected chi connectivity index (χ1v) is 6.88. The highest BCUT2D eigenvalue weighted by Crippen LogP contribution is 2.16. The summed E-state index contributed by atoms with van der Waals surface area (Å²) in [6.07, 6.45) is 6.70. The number of carboxylic acid groups (broad SMARTS) is 1. The third-order valence-electron chi connectivity index (χ3n) is 3.39. The Hall–Kier alpha value is -1.89. The number of piperidine rings is 1. The van der Waals surface area contributed by atoms with Gasteiger partial charge in [-0.1, -0.05) is 0 Å². The predicted molar refractivity (Wildman–Crippen MR) is 73.3 cm³/mol. The fourth-order valence-electron chi connectivity index (χ4n) is 2.38. The van der Waals surface area contributed by atoms with Crippen LogP contribution in [0.25, 0.3) is 0 Å². The third kappa shape index (κ3) is 4.65. The van der Waals surface area contributed by atoms with Crippen LogP contribution in [-0.4, -0.2) is 39.9 Å². The van der Waals surface area contributed by atoms with Gasteiger partial charge < -0.3 is 15.7 Å². The largest absolute Gasteiger partial charge is 0.480 e. The number of nitrogens with one attached hydrogen (secondary N) is 2. The number of hydrogen-bond acceptors (Lipinski definition) is 4. The van der Waals surface area contributed by atoms with Gasteiger partial charge >= 0.3 is 5.97 Å². The zero-order valence-electron chi connectivity index (χ0n) is 11.3. The van der Waals surface area contributed by atoms with Crippen molar-refractivity contribution in [2.75, 3.05) is 18.4 Å². The van der Waals surface area contributed by atoms with Crippen molar-refractivity contribution in [2.45, 2.75) is 32.2 Å². The molecule has 7 nitrogen and oxygen atoms in total. The summed E-state index contributed by atoms with van der Waals surface area (Å²) in [4.78, 5) is 22.3. The molecule has 110 valence electrons. The maximum Gasteiger partial charge on any atom is 0.325 e. The number of aliphatic carboxylic acids is 1. The van der Waals surface area contributed by atoms with Gasteiger partial charge in [-0.3, -0.25) is 14.3 Å². The Morgan fingerprint density at radius 2 is 2.40 bits per heavy atom. The van der Waals surface area contributed by atoms with Crippen LogP contribution in [-0.2, 0) is 16.1 Å². The molecule has 1 aromatic rings. The molecule has 0 radical (unpaired) electrons. The van der Waals surface area contributed by atoms with E-state index in [0.717, 1.165) is 19.5 Å². The van der Waals surface area contributed by atoms with Crippen molar-refractivity contribution in [3.8, 4) is 0 Å². The molecule has 1 fully saturated rings. The normalized spacial score (nSPS) is 18.7. The minimum absolute atomic E-state index is 0.0505. The van der Waals surface area contributed by atoms with E-state index in [1.807, 2.05) is 0 Å². The van der Waals surface area contributed by atoms with Gasteiger partial charge in [0.05, 0.1) is 11.9 Å².